The molecule has 1 fully saturated rings. The third kappa shape index (κ3) is 3.56. The third-order valence-electron chi connectivity index (χ3n) is 3.85. The zero-order valence-electron chi connectivity index (χ0n) is 12.9. The first-order valence-corrected chi connectivity index (χ1v) is 7.58. The Morgan fingerprint density at radius 1 is 1.17 bits per heavy atom. The number of carbonyl (C=O) groups excluding carboxylic acids is 2. The first-order chi connectivity index (χ1) is 11.2. The molecule has 1 heterocycles. The smallest absolute Gasteiger partial charge is 0.339 e. The molecule has 5 nitrogen and oxygen atoms in total. The lowest BCUT2D eigenvalue weighted by Crippen LogP contribution is -2.33. The number of methoxy groups -OCH3 is 1. The Labute approximate surface area is 134 Å². The highest BCUT2D eigenvalue weighted by molar-refractivity contribution is 5.94. The number of amides is 1. The average Bonchev–Trinajstić information content (AvgIpc) is 3.44. The summed E-state index contributed by atoms with van der Waals surface area (Å²) in [5.74, 6) is -0.562. The third-order valence-corrected chi connectivity index (χ3v) is 3.85. The lowest BCUT2D eigenvalue weighted by atomic mass is 10.2. The first-order valence-electron chi connectivity index (χ1n) is 7.58. The van der Waals surface area contributed by atoms with Crippen molar-refractivity contribution in [2.45, 2.75) is 25.4 Å². The highest BCUT2D eigenvalue weighted by Gasteiger charge is 2.33. The number of nitrogens with zero attached hydrogens (tertiary/aromatic N) is 2. The summed E-state index contributed by atoms with van der Waals surface area (Å²) in [6.07, 6.45) is 3.43. The van der Waals surface area contributed by atoms with Crippen LogP contribution in [0, 0.1) is 0 Å². The molecule has 118 valence electrons. The molecule has 0 aliphatic heterocycles. The summed E-state index contributed by atoms with van der Waals surface area (Å²) in [5, 5.41) is 0. The highest BCUT2D eigenvalue weighted by atomic mass is 16.5. The fourth-order valence-electron chi connectivity index (χ4n) is 2.44. The number of rotatable bonds is 5. The second-order valence-corrected chi connectivity index (χ2v) is 5.57. The van der Waals surface area contributed by atoms with Crippen molar-refractivity contribution in [2.24, 2.45) is 0 Å². The maximum atomic E-state index is 12.7. The Hall–Kier alpha value is -2.69. The molecule has 0 radical (unpaired) electrons. The molecule has 5 heteroatoms. The SMILES string of the molecule is COC(=O)c1ccc(C(=O)N(Cc2ccccc2)C2CC2)nc1. The number of esters is 1. The van der Waals surface area contributed by atoms with Crippen LogP contribution in [0.25, 0.3) is 0 Å². The van der Waals surface area contributed by atoms with Crippen molar-refractivity contribution in [3.63, 3.8) is 0 Å². The van der Waals surface area contributed by atoms with Crippen LogP contribution >= 0.6 is 0 Å². The predicted octanol–water partition coefficient (Wildman–Crippen LogP) is 2.67. The summed E-state index contributed by atoms with van der Waals surface area (Å²) in [7, 11) is 1.32. The summed E-state index contributed by atoms with van der Waals surface area (Å²) in [4.78, 5) is 30.1. The van der Waals surface area contributed by atoms with Crippen molar-refractivity contribution >= 4 is 11.9 Å². The van der Waals surface area contributed by atoms with Crippen molar-refractivity contribution in [1.82, 2.24) is 9.88 Å². The molecule has 0 saturated heterocycles. The lowest BCUT2D eigenvalue weighted by Gasteiger charge is -2.22. The van der Waals surface area contributed by atoms with E-state index in [0.717, 1.165) is 18.4 Å². The minimum atomic E-state index is -0.458. The Morgan fingerprint density at radius 3 is 2.48 bits per heavy atom. The van der Waals surface area contributed by atoms with E-state index in [4.69, 9.17) is 0 Å². The number of pyridine rings is 1. The van der Waals surface area contributed by atoms with Gasteiger partial charge < -0.3 is 9.64 Å². The zero-order chi connectivity index (χ0) is 16.2. The van der Waals surface area contributed by atoms with Gasteiger partial charge in [-0.2, -0.15) is 0 Å². The number of carbonyl (C=O) groups is 2. The van der Waals surface area contributed by atoms with E-state index in [1.165, 1.54) is 13.3 Å². The molecule has 1 aliphatic carbocycles. The minimum absolute atomic E-state index is 0.104. The number of hydrogen-bond donors (Lipinski definition) is 0. The number of aromatic nitrogens is 1. The first kappa shape index (κ1) is 15.2. The average molecular weight is 310 g/mol. The molecular weight excluding hydrogens is 292 g/mol. The van der Waals surface area contributed by atoms with Gasteiger partial charge in [-0.25, -0.2) is 4.79 Å². The second-order valence-electron chi connectivity index (χ2n) is 5.57. The number of benzene rings is 1. The van der Waals surface area contributed by atoms with Crippen molar-refractivity contribution in [2.75, 3.05) is 7.11 Å². The molecule has 0 bridgehead atoms. The van der Waals surface area contributed by atoms with E-state index in [1.54, 1.807) is 12.1 Å². The summed E-state index contributed by atoms with van der Waals surface area (Å²) in [6, 6.07) is 13.3. The molecule has 0 N–H and O–H groups in total. The van der Waals surface area contributed by atoms with Crippen LogP contribution in [-0.4, -0.2) is 34.9 Å². The number of hydrogen-bond acceptors (Lipinski definition) is 4. The van der Waals surface area contributed by atoms with Gasteiger partial charge in [-0.05, 0) is 30.5 Å². The topological polar surface area (TPSA) is 59.5 Å². The molecule has 1 amide bonds. The maximum Gasteiger partial charge on any atom is 0.339 e. The van der Waals surface area contributed by atoms with Crippen LogP contribution < -0.4 is 0 Å². The van der Waals surface area contributed by atoms with Crippen molar-refractivity contribution in [3.8, 4) is 0 Å². The Kier molecular flexibility index (Phi) is 4.37. The van der Waals surface area contributed by atoms with Gasteiger partial charge in [0.2, 0.25) is 0 Å². The zero-order valence-corrected chi connectivity index (χ0v) is 12.9. The van der Waals surface area contributed by atoms with Crippen LogP contribution in [0.5, 0.6) is 0 Å². The summed E-state index contributed by atoms with van der Waals surface area (Å²) in [5.41, 5.74) is 1.78. The quantitative estimate of drug-likeness (QED) is 0.797. The van der Waals surface area contributed by atoms with E-state index in [2.05, 4.69) is 9.72 Å². The predicted molar refractivity (Wildman–Crippen MR) is 84.9 cm³/mol. The molecule has 1 aromatic heterocycles. The molecule has 1 saturated carbocycles. The molecule has 3 rings (SSSR count). The van der Waals surface area contributed by atoms with E-state index < -0.39 is 5.97 Å². The largest absolute Gasteiger partial charge is 0.465 e. The monoisotopic (exact) mass is 310 g/mol. The van der Waals surface area contributed by atoms with Crippen molar-refractivity contribution < 1.29 is 14.3 Å². The van der Waals surface area contributed by atoms with E-state index >= 15 is 0 Å². The molecule has 1 aromatic carbocycles. The van der Waals surface area contributed by atoms with Crippen LogP contribution in [0.15, 0.2) is 48.7 Å². The van der Waals surface area contributed by atoms with Gasteiger partial charge in [-0.3, -0.25) is 9.78 Å². The van der Waals surface area contributed by atoms with Gasteiger partial charge in [0.05, 0.1) is 12.7 Å². The number of ether oxygens (including phenoxy) is 1. The van der Waals surface area contributed by atoms with Crippen LogP contribution in [0.1, 0.15) is 39.3 Å². The Balaban J connectivity index is 1.77. The van der Waals surface area contributed by atoms with Gasteiger partial charge in [-0.1, -0.05) is 30.3 Å². The van der Waals surface area contributed by atoms with Crippen LogP contribution in [-0.2, 0) is 11.3 Å². The summed E-state index contributed by atoms with van der Waals surface area (Å²) < 4.78 is 4.64. The molecular formula is C18H18N2O3. The maximum absolute atomic E-state index is 12.7. The molecule has 23 heavy (non-hydrogen) atoms. The van der Waals surface area contributed by atoms with E-state index in [1.807, 2.05) is 35.2 Å². The Morgan fingerprint density at radius 2 is 1.91 bits per heavy atom. The van der Waals surface area contributed by atoms with Crippen LogP contribution in [0.4, 0.5) is 0 Å². The standard InChI is InChI=1S/C18H18N2O3/c1-23-18(22)14-7-10-16(19-11-14)17(21)20(15-8-9-15)12-13-5-3-2-4-6-13/h2-7,10-11,15H,8-9,12H2,1H3. The molecule has 0 atom stereocenters. The van der Waals surface area contributed by atoms with Crippen LogP contribution in [0.2, 0.25) is 0 Å². The van der Waals surface area contributed by atoms with Gasteiger partial charge in [0.15, 0.2) is 0 Å². The summed E-state index contributed by atoms with van der Waals surface area (Å²) >= 11 is 0. The van der Waals surface area contributed by atoms with E-state index in [9.17, 15) is 9.59 Å². The second kappa shape index (κ2) is 6.60. The fraction of sp³-hybridized carbons (Fsp3) is 0.278. The van der Waals surface area contributed by atoms with Crippen molar-refractivity contribution in [1.29, 1.82) is 0 Å². The highest BCUT2D eigenvalue weighted by Crippen LogP contribution is 2.29. The molecule has 1 aliphatic rings. The molecule has 0 spiro atoms. The molecule has 0 unspecified atom stereocenters. The fourth-order valence-corrected chi connectivity index (χ4v) is 2.44. The van der Waals surface area contributed by atoms with Gasteiger partial charge in [0.1, 0.15) is 5.69 Å². The van der Waals surface area contributed by atoms with Gasteiger partial charge in [0.25, 0.3) is 5.91 Å². The lowest BCUT2D eigenvalue weighted by molar-refractivity contribution is 0.0598. The van der Waals surface area contributed by atoms with E-state index in [0.29, 0.717) is 17.8 Å². The van der Waals surface area contributed by atoms with E-state index in [-0.39, 0.29) is 11.9 Å². The van der Waals surface area contributed by atoms with Crippen molar-refractivity contribution in [3.05, 3.63) is 65.5 Å². The summed E-state index contributed by atoms with van der Waals surface area (Å²) in [6.45, 7) is 0.574. The normalized spacial score (nSPS) is 13.4. The minimum Gasteiger partial charge on any atom is -0.465 e. The Bertz CT molecular complexity index is 694. The van der Waals surface area contributed by atoms with Gasteiger partial charge in [0, 0.05) is 18.8 Å². The van der Waals surface area contributed by atoms with Gasteiger partial charge in [-0.15, -0.1) is 0 Å². The van der Waals surface area contributed by atoms with Gasteiger partial charge >= 0.3 is 5.97 Å². The molecule has 2 aromatic rings. The van der Waals surface area contributed by atoms with Crippen LogP contribution in [0.3, 0.4) is 0 Å².